The van der Waals surface area contributed by atoms with Crippen molar-refractivity contribution in [1.29, 1.82) is 0 Å². The molecule has 5 N–H and O–H groups in total. The van der Waals surface area contributed by atoms with E-state index in [2.05, 4.69) is 5.32 Å². The second kappa shape index (κ2) is 6.36. The van der Waals surface area contributed by atoms with E-state index in [9.17, 15) is 12.6 Å². The molecule has 0 bridgehead atoms. The topological polar surface area (TPSA) is 115 Å². The summed E-state index contributed by atoms with van der Waals surface area (Å²) in [4.78, 5) is -0.0823. The zero-order valence-electron chi connectivity index (χ0n) is 10.9. The molecule has 0 aliphatic rings. The van der Waals surface area contributed by atoms with Crippen LogP contribution >= 0.6 is 0 Å². The van der Waals surface area contributed by atoms with Gasteiger partial charge in [0.1, 0.15) is 4.90 Å². The molecular formula is C11H19N3O3S2. The number of hydrogen-bond acceptors (Lipinski definition) is 5. The lowest BCUT2D eigenvalue weighted by atomic mass is 10.2. The number of nitrogens with one attached hydrogen (secondary N) is 1. The van der Waals surface area contributed by atoms with E-state index in [1.54, 1.807) is 12.3 Å². The zero-order chi connectivity index (χ0) is 14.6. The van der Waals surface area contributed by atoms with Gasteiger partial charge < -0.3 is 11.1 Å². The molecule has 0 amide bonds. The Bertz CT molecular complexity index is 573. The standard InChI is InChI=1S/C11H19N3O3S2/c1-8(18(2)15)5-6-14-9-3-4-11(10(12)7-9)19(13,16)17/h3-4,7-8,14H,5-6,12H2,1-2H3,(H2,13,16,17). The molecule has 1 aromatic rings. The second-order valence-electron chi connectivity index (χ2n) is 4.32. The predicted molar refractivity (Wildman–Crippen MR) is 78.9 cm³/mol. The molecule has 0 aliphatic heterocycles. The summed E-state index contributed by atoms with van der Waals surface area (Å²) >= 11 is 0. The van der Waals surface area contributed by atoms with Crippen LogP contribution in [0, 0.1) is 0 Å². The predicted octanol–water partition coefficient (Wildman–Crippen LogP) is 0.485. The average Bonchev–Trinajstić information content (AvgIpc) is 2.27. The summed E-state index contributed by atoms with van der Waals surface area (Å²) in [6.07, 6.45) is 2.42. The summed E-state index contributed by atoms with van der Waals surface area (Å²) in [5, 5.41) is 8.22. The number of benzene rings is 1. The second-order valence-corrected chi connectivity index (χ2v) is 7.65. The first-order chi connectivity index (χ1) is 8.71. The smallest absolute Gasteiger partial charge is 0.240 e. The van der Waals surface area contributed by atoms with Crippen LogP contribution in [0.1, 0.15) is 13.3 Å². The van der Waals surface area contributed by atoms with Crippen LogP contribution in [-0.2, 0) is 20.8 Å². The van der Waals surface area contributed by atoms with E-state index in [1.807, 2.05) is 6.92 Å². The molecule has 0 saturated carbocycles. The summed E-state index contributed by atoms with van der Waals surface area (Å²) in [7, 11) is -4.64. The zero-order valence-corrected chi connectivity index (χ0v) is 12.6. The van der Waals surface area contributed by atoms with Crippen molar-refractivity contribution in [2.45, 2.75) is 23.5 Å². The van der Waals surface area contributed by atoms with Crippen LogP contribution in [0.5, 0.6) is 0 Å². The highest BCUT2D eigenvalue weighted by Crippen LogP contribution is 2.21. The summed E-state index contributed by atoms with van der Waals surface area (Å²) in [5.41, 5.74) is 6.46. The maximum absolute atomic E-state index is 11.2. The fourth-order valence-electron chi connectivity index (χ4n) is 1.50. The number of primary sulfonamides is 1. The van der Waals surface area contributed by atoms with Crippen LogP contribution in [0.2, 0.25) is 0 Å². The molecule has 6 nitrogen and oxygen atoms in total. The van der Waals surface area contributed by atoms with Gasteiger partial charge in [0.15, 0.2) is 0 Å². The highest BCUT2D eigenvalue weighted by atomic mass is 32.2. The molecular weight excluding hydrogens is 286 g/mol. The normalized spacial score (nSPS) is 14.9. The van der Waals surface area contributed by atoms with E-state index in [-0.39, 0.29) is 15.8 Å². The molecule has 0 fully saturated rings. The molecule has 0 aliphatic carbocycles. The van der Waals surface area contributed by atoms with Gasteiger partial charge >= 0.3 is 0 Å². The molecule has 0 aromatic heterocycles. The van der Waals surface area contributed by atoms with Crippen molar-refractivity contribution in [1.82, 2.24) is 0 Å². The SMILES string of the molecule is CC(CCNc1ccc(S(N)(=O)=O)c(N)c1)S(C)=O. The molecule has 0 spiro atoms. The molecule has 2 atom stereocenters. The van der Waals surface area contributed by atoms with Gasteiger partial charge in [-0.25, -0.2) is 13.6 Å². The Labute approximate surface area is 116 Å². The number of nitrogen functional groups attached to an aromatic ring is 1. The molecule has 1 aromatic carbocycles. The van der Waals surface area contributed by atoms with Crippen molar-refractivity contribution in [3.05, 3.63) is 18.2 Å². The van der Waals surface area contributed by atoms with Crippen LogP contribution in [-0.4, -0.2) is 30.7 Å². The fraction of sp³-hybridized carbons (Fsp3) is 0.455. The number of hydrogen-bond donors (Lipinski definition) is 3. The highest BCUT2D eigenvalue weighted by Gasteiger charge is 2.12. The fourth-order valence-corrected chi connectivity index (χ4v) is 2.60. The van der Waals surface area contributed by atoms with Gasteiger partial charge in [-0.05, 0) is 24.6 Å². The molecule has 108 valence electrons. The van der Waals surface area contributed by atoms with Crippen molar-refractivity contribution in [2.24, 2.45) is 5.14 Å². The van der Waals surface area contributed by atoms with E-state index in [0.29, 0.717) is 12.2 Å². The summed E-state index contributed by atoms with van der Waals surface area (Å²) < 4.78 is 33.6. The first-order valence-corrected chi connectivity index (χ1v) is 8.87. The van der Waals surface area contributed by atoms with Crippen LogP contribution in [0.25, 0.3) is 0 Å². The van der Waals surface area contributed by atoms with Crippen LogP contribution < -0.4 is 16.2 Å². The van der Waals surface area contributed by atoms with E-state index < -0.39 is 20.8 Å². The maximum atomic E-state index is 11.2. The largest absolute Gasteiger partial charge is 0.398 e. The molecule has 8 heteroatoms. The van der Waals surface area contributed by atoms with Gasteiger partial charge in [0.05, 0.1) is 5.69 Å². The number of sulfonamides is 1. The quantitative estimate of drug-likeness (QED) is 0.661. The third-order valence-electron chi connectivity index (χ3n) is 2.76. The molecule has 0 radical (unpaired) electrons. The first-order valence-electron chi connectivity index (χ1n) is 5.70. The van der Waals surface area contributed by atoms with Crippen molar-refractivity contribution in [3.8, 4) is 0 Å². The Balaban J connectivity index is 2.67. The van der Waals surface area contributed by atoms with Crippen molar-refractivity contribution in [2.75, 3.05) is 23.9 Å². The van der Waals surface area contributed by atoms with Gasteiger partial charge in [-0.15, -0.1) is 0 Å². The summed E-state index contributed by atoms with van der Waals surface area (Å²) in [6, 6.07) is 4.49. The Hall–Kier alpha value is -1.12. The lowest BCUT2D eigenvalue weighted by Crippen LogP contribution is -2.16. The maximum Gasteiger partial charge on any atom is 0.240 e. The third-order valence-corrected chi connectivity index (χ3v) is 5.12. The Morgan fingerprint density at radius 1 is 1.42 bits per heavy atom. The number of nitrogens with two attached hydrogens (primary N) is 2. The average molecular weight is 305 g/mol. The van der Waals surface area contributed by atoms with Crippen LogP contribution in [0.4, 0.5) is 11.4 Å². The van der Waals surface area contributed by atoms with Gasteiger partial charge in [-0.2, -0.15) is 0 Å². The van der Waals surface area contributed by atoms with Crippen molar-refractivity contribution < 1.29 is 12.6 Å². The lowest BCUT2D eigenvalue weighted by molar-refractivity contribution is 0.598. The van der Waals surface area contributed by atoms with Crippen LogP contribution in [0.3, 0.4) is 0 Å². The summed E-state index contributed by atoms with van der Waals surface area (Å²) in [5.74, 6) is 0. The monoisotopic (exact) mass is 305 g/mol. The highest BCUT2D eigenvalue weighted by molar-refractivity contribution is 7.89. The van der Waals surface area contributed by atoms with Gasteiger partial charge in [0.2, 0.25) is 10.0 Å². The van der Waals surface area contributed by atoms with Gasteiger partial charge in [-0.1, -0.05) is 6.92 Å². The minimum atomic E-state index is -3.79. The van der Waals surface area contributed by atoms with Gasteiger partial charge in [-0.3, -0.25) is 4.21 Å². The molecule has 1 rings (SSSR count). The third kappa shape index (κ3) is 4.81. The van der Waals surface area contributed by atoms with E-state index in [0.717, 1.165) is 6.42 Å². The summed E-state index contributed by atoms with van der Waals surface area (Å²) in [6.45, 7) is 2.55. The number of rotatable bonds is 6. The van der Waals surface area contributed by atoms with Crippen LogP contribution in [0.15, 0.2) is 23.1 Å². The van der Waals surface area contributed by atoms with E-state index in [4.69, 9.17) is 10.9 Å². The van der Waals surface area contributed by atoms with E-state index in [1.165, 1.54) is 12.1 Å². The number of anilines is 2. The Morgan fingerprint density at radius 3 is 2.53 bits per heavy atom. The molecule has 0 saturated heterocycles. The molecule has 0 heterocycles. The molecule has 2 unspecified atom stereocenters. The first kappa shape index (κ1) is 15.9. The van der Waals surface area contributed by atoms with Gasteiger partial charge in [0.25, 0.3) is 0 Å². The minimum Gasteiger partial charge on any atom is -0.398 e. The lowest BCUT2D eigenvalue weighted by Gasteiger charge is -2.11. The Morgan fingerprint density at radius 2 is 2.05 bits per heavy atom. The Kier molecular flexibility index (Phi) is 5.33. The van der Waals surface area contributed by atoms with Gasteiger partial charge in [0, 0.05) is 34.5 Å². The van der Waals surface area contributed by atoms with Crippen molar-refractivity contribution >= 4 is 32.2 Å². The van der Waals surface area contributed by atoms with Crippen molar-refractivity contribution in [3.63, 3.8) is 0 Å². The molecule has 19 heavy (non-hydrogen) atoms. The minimum absolute atomic E-state index is 0.0823. The van der Waals surface area contributed by atoms with E-state index >= 15 is 0 Å².